The van der Waals surface area contributed by atoms with Crippen LogP contribution in [0.1, 0.15) is 25.7 Å². The molecule has 2 aliphatic rings. The first-order valence-corrected chi connectivity index (χ1v) is 4.88. The highest BCUT2D eigenvalue weighted by molar-refractivity contribution is 6.14. The van der Waals surface area contributed by atoms with Gasteiger partial charge < -0.3 is 0 Å². The first kappa shape index (κ1) is 10.6. The Morgan fingerprint density at radius 3 is 1.29 bits per heavy atom. The molecule has 74 valence electrons. The van der Waals surface area contributed by atoms with Gasteiger partial charge in [0.25, 0.3) is 0 Å². The minimum absolute atomic E-state index is 0.121. The molecule has 0 fully saturated rings. The van der Waals surface area contributed by atoms with Crippen LogP contribution < -0.4 is 0 Å². The van der Waals surface area contributed by atoms with Crippen molar-refractivity contribution in [1.29, 1.82) is 0 Å². The van der Waals surface area contributed by atoms with Crippen LogP contribution in [0.3, 0.4) is 0 Å². The summed E-state index contributed by atoms with van der Waals surface area (Å²) in [5.74, 6) is -0.241. The van der Waals surface area contributed by atoms with Crippen LogP contribution in [0.2, 0.25) is 0 Å². The highest BCUT2D eigenvalue weighted by Crippen LogP contribution is 2.07. The van der Waals surface area contributed by atoms with Gasteiger partial charge in [0, 0.05) is 0 Å². The van der Waals surface area contributed by atoms with Crippen molar-refractivity contribution in [3.8, 4) is 0 Å². The van der Waals surface area contributed by atoms with Gasteiger partial charge in [-0.1, -0.05) is 12.2 Å². The highest BCUT2D eigenvalue weighted by Gasteiger charge is 1.97. The number of allylic oxidation sites excluding steroid dienone is 6. The fraction of sp³-hybridized carbons (Fsp3) is 0.333. The molecule has 0 aromatic carbocycles. The van der Waals surface area contributed by atoms with Gasteiger partial charge in [-0.25, -0.2) is 0 Å². The number of rotatable bonds is 0. The monoisotopic (exact) mass is 190 g/mol. The van der Waals surface area contributed by atoms with E-state index in [1.807, 2.05) is 0 Å². The molecule has 2 heteroatoms. The summed E-state index contributed by atoms with van der Waals surface area (Å²) in [6.07, 6.45) is 15.0. The second kappa shape index (κ2) is 6.08. The molecule has 2 nitrogen and oxygen atoms in total. The predicted molar refractivity (Wildman–Crippen MR) is 55.9 cm³/mol. The van der Waals surface area contributed by atoms with Crippen LogP contribution in [0.4, 0.5) is 0 Å². The van der Waals surface area contributed by atoms with Crippen molar-refractivity contribution < 1.29 is 9.59 Å². The summed E-state index contributed by atoms with van der Waals surface area (Å²) in [6, 6.07) is 0. The number of carbonyl (C=O) groups is 2. The van der Waals surface area contributed by atoms with Crippen LogP contribution in [0.15, 0.2) is 36.5 Å². The van der Waals surface area contributed by atoms with E-state index < -0.39 is 0 Å². The Labute approximate surface area is 84.0 Å². The average molecular weight is 190 g/mol. The molecular weight excluding hydrogens is 176 g/mol. The fourth-order valence-electron chi connectivity index (χ4n) is 1.20. The van der Waals surface area contributed by atoms with Crippen LogP contribution in [0.25, 0.3) is 0 Å². The minimum Gasteiger partial charge on any atom is -0.290 e. The molecule has 0 unspecified atom stereocenters. The van der Waals surface area contributed by atoms with E-state index >= 15 is 0 Å². The predicted octanol–water partition coefficient (Wildman–Crippen LogP) is 2.37. The Hall–Kier alpha value is -1.44. The Morgan fingerprint density at radius 2 is 1.07 bits per heavy atom. The molecule has 0 atom stereocenters. The Balaban J connectivity index is 0.000000146. The van der Waals surface area contributed by atoms with Crippen LogP contribution in [0.5, 0.6) is 0 Å². The molecule has 0 spiro atoms. The summed E-state index contributed by atoms with van der Waals surface area (Å²) in [7, 11) is 0. The molecule has 2 rings (SSSR count). The molecule has 0 aliphatic heterocycles. The highest BCUT2D eigenvalue weighted by atomic mass is 16.1. The third kappa shape index (κ3) is 4.55. The molecule has 0 aromatic rings. The van der Waals surface area contributed by atoms with Crippen LogP contribution in [-0.2, 0) is 9.59 Å². The summed E-state index contributed by atoms with van der Waals surface area (Å²) in [5.41, 5.74) is 0. The Bertz CT molecular complexity index is 249. The number of ketones is 2. The molecule has 0 saturated carbocycles. The second-order valence-electron chi connectivity index (χ2n) is 3.23. The fourth-order valence-corrected chi connectivity index (χ4v) is 1.20. The van der Waals surface area contributed by atoms with Crippen molar-refractivity contribution in [2.24, 2.45) is 0 Å². The lowest BCUT2D eigenvalue weighted by Gasteiger charge is -1.97. The summed E-state index contributed by atoms with van der Waals surface area (Å²) in [5, 5.41) is 0. The van der Waals surface area contributed by atoms with E-state index in [2.05, 4.69) is 12.2 Å². The smallest absolute Gasteiger partial charge is 0.178 e. The summed E-state index contributed by atoms with van der Waals surface area (Å²) < 4.78 is 0. The molecule has 0 amide bonds. The summed E-state index contributed by atoms with van der Waals surface area (Å²) >= 11 is 0. The molecule has 0 bridgehead atoms. The van der Waals surface area contributed by atoms with E-state index in [1.54, 1.807) is 0 Å². The number of carbonyl (C=O) groups excluding carboxylic acids is 2. The van der Waals surface area contributed by atoms with E-state index in [0.717, 1.165) is 0 Å². The van der Waals surface area contributed by atoms with Gasteiger partial charge in [-0.05, 0) is 50.0 Å². The largest absolute Gasteiger partial charge is 0.290 e. The van der Waals surface area contributed by atoms with Gasteiger partial charge in [-0.3, -0.25) is 9.59 Å². The molecule has 2 aliphatic carbocycles. The zero-order valence-corrected chi connectivity index (χ0v) is 8.11. The number of hydrogen-bond donors (Lipinski definition) is 0. The molecule has 0 heterocycles. The minimum atomic E-state index is -0.121. The lowest BCUT2D eigenvalue weighted by molar-refractivity contribution is -0.113. The quantitative estimate of drug-likeness (QED) is 0.434. The zero-order valence-electron chi connectivity index (χ0n) is 8.11. The standard InChI is InChI=1S/C6H4O2.C6H10/c7-5-1-2-6(8)4-3-5;1-2-4-6-5-3-1/h1-4H;1-2H,3-6H2. The maximum atomic E-state index is 10.3. The third-order valence-electron chi connectivity index (χ3n) is 1.98. The van der Waals surface area contributed by atoms with Crippen molar-refractivity contribution in [1.82, 2.24) is 0 Å². The van der Waals surface area contributed by atoms with Crippen molar-refractivity contribution in [3.05, 3.63) is 36.5 Å². The molecule has 14 heavy (non-hydrogen) atoms. The molecule has 0 N–H and O–H groups in total. The molecular formula is C12H14O2. The van der Waals surface area contributed by atoms with Gasteiger partial charge in [0.1, 0.15) is 0 Å². The van der Waals surface area contributed by atoms with E-state index in [0.29, 0.717) is 0 Å². The van der Waals surface area contributed by atoms with Crippen molar-refractivity contribution in [2.75, 3.05) is 0 Å². The van der Waals surface area contributed by atoms with Crippen molar-refractivity contribution in [3.63, 3.8) is 0 Å². The molecule has 0 saturated heterocycles. The Kier molecular flexibility index (Phi) is 4.62. The van der Waals surface area contributed by atoms with Gasteiger partial charge >= 0.3 is 0 Å². The summed E-state index contributed by atoms with van der Waals surface area (Å²) in [4.78, 5) is 20.6. The first-order chi connectivity index (χ1) is 6.79. The van der Waals surface area contributed by atoms with E-state index in [1.165, 1.54) is 50.0 Å². The lowest BCUT2D eigenvalue weighted by Crippen LogP contribution is -1.97. The van der Waals surface area contributed by atoms with Gasteiger partial charge in [0.15, 0.2) is 11.6 Å². The maximum Gasteiger partial charge on any atom is 0.178 e. The topological polar surface area (TPSA) is 34.1 Å². The van der Waals surface area contributed by atoms with Gasteiger partial charge in [-0.15, -0.1) is 0 Å². The number of hydrogen-bond acceptors (Lipinski definition) is 2. The van der Waals surface area contributed by atoms with Gasteiger partial charge in [0.05, 0.1) is 0 Å². The SMILES string of the molecule is C1=CCCCC1.O=C1C=CC(=O)C=C1. The van der Waals surface area contributed by atoms with Crippen molar-refractivity contribution >= 4 is 11.6 Å². The van der Waals surface area contributed by atoms with Crippen LogP contribution in [0, 0.1) is 0 Å². The summed E-state index contributed by atoms with van der Waals surface area (Å²) in [6.45, 7) is 0. The van der Waals surface area contributed by atoms with Gasteiger partial charge in [0.2, 0.25) is 0 Å². The average Bonchev–Trinajstić information content (AvgIpc) is 2.26. The third-order valence-corrected chi connectivity index (χ3v) is 1.98. The maximum absolute atomic E-state index is 10.3. The molecule has 0 aromatic heterocycles. The van der Waals surface area contributed by atoms with Crippen LogP contribution in [-0.4, -0.2) is 11.6 Å². The second-order valence-corrected chi connectivity index (χ2v) is 3.23. The zero-order chi connectivity index (χ0) is 10.2. The molecule has 0 radical (unpaired) electrons. The van der Waals surface area contributed by atoms with E-state index in [4.69, 9.17) is 0 Å². The normalized spacial score (nSPS) is 19.1. The lowest BCUT2D eigenvalue weighted by atomic mass is 10.1. The van der Waals surface area contributed by atoms with Crippen molar-refractivity contribution in [2.45, 2.75) is 25.7 Å². The first-order valence-electron chi connectivity index (χ1n) is 4.88. The van der Waals surface area contributed by atoms with E-state index in [-0.39, 0.29) is 11.6 Å². The van der Waals surface area contributed by atoms with E-state index in [9.17, 15) is 9.59 Å². The van der Waals surface area contributed by atoms with Crippen LogP contribution >= 0.6 is 0 Å². The van der Waals surface area contributed by atoms with Gasteiger partial charge in [-0.2, -0.15) is 0 Å². The Morgan fingerprint density at radius 1 is 0.714 bits per heavy atom.